The number of carbonyl (C=O) groups is 1. The summed E-state index contributed by atoms with van der Waals surface area (Å²) in [5, 5.41) is 12.2. The molecule has 0 radical (unpaired) electrons. The van der Waals surface area contributed by atoms with Gasteiger partial charge in [-0.15, -0.1) is 0 Å². The number of aromatic carboxylic acids is 1. The minimum absolute atomic E-state index is 0.209. The quantitative estimate of drug-likeness (QED) is 0.884. The minimum Gasteiger partial charge on any atom is -0.478 e. The van der Waals surface area contributed by atoms with Crippen molar-refractivity contribution in [3.8, 4) is 0 Å². The first-order valence-electron chi connectivity index (χ1n) is 5.53. The van der Waals surface area contributed by atoms with Crippen LogP contribution in [0.1, 0.15) is 15.9 Å². The normalized spacial score (nSPS) is 10.3. The molecule has 0 saturated carbocycles. The van der Waals surface area contributed by atoms with Crippen molar-refractivity contribution in [1.29, 1.82) is 0 Å². The number of carboxylic acid groups (broad SMARTS) is 1. The Hall–Kier alpha value is -2.07. The molecule has 2 aromatic rings. The van der Waals surface area contributed by atoms with Crippen LogP contribution in [0.15, 0.2) is 36.4 Å². The minimum atomic E-state index is -0.983. The number of hydrogen-bond acceptors (Lipinski definition) is 2. The molecule has 0 heterocycles. The molecule has 2 aromatic carbocycles. The average molecular weight is 280 g/mol. The zero-order chi connectivity index (χ0) is 14.0. The van der Waals surface area contributed by atoms with Gasteiger partial charge in [-0.2, -0.15) is 0 Å². The van der Waals surface area contributed by atoms with Gasteiger partial charge in [0.15, 0.2) is 0 Å². The molecule has 0 bridgehead atoms. The summed E-state index contributed by atoms with van der Waals surface area (Å²) in [7, 11) is 0. The third-order valence-electron chi connectivity index (χ3n) is 2.61. The SMILES string of the molecule is Cc1cc(C(=O)O)ccc1Nc1cc(F)cc(Cl)c1. The van der Waals surface area contributed by atoms with E-state index in [9.17, 15) is 9.18 Å². The van der Waals surface area contributed by atoms with Gasteiger partial charge in [0.1, 0.15) is 5.82 Å². The van der Waals surface area contributed by atoms with E-state index in [1.54, 1.807) is 25.1 Å². The molecule has 0 aliphatic carbocycles. The predicted octanol–water partition coefficient (Wildman–Crippen LogP) is 4.23. The first kappa shape index (κ1) is 13.4. The maximum absolute atomic E-state index is 13.2. The number of carboxylic acids is 1. The van der Waals surface area contributed by atoms with E-state index in [-0.39, 0.29) is 5.56 Å². The Labute approximate surface area is 114 Å². The number of rotatable bonds is 3. The maximum Gasteiger partial charge on any atom is 0.335 e. The van der Waals surface area contributed by atoms with Crippen LogP contribution < -0.4 is 5.32 Å². The lowest BCUT2D eigenvalue weighted by Gasteiger charge is -2.10. The Kier molecular flexibility index (Phi) is 3.71. The first-order chi connectivity index (χ1) is 8.95. The van der Waals surface area contributed by atoms with Crippen LogP contribution in [0.25, 0.3) is 0 Å². The third kappa shape index (κ3) is 3.23. The summed E-state index contributed by atoms with van der Waals surface area (Å²) < 4.78 is 13.2. The molecule has 0 aliphatic rings. The van der Waals surface area contributed by atoms with Gasteiger partial charge >= 0.3 is 5.97 Å². The Morgan fingerprint density at radius 1 is 1.26 bits per heavy atom. The fourth-order valence-corrected chi connectivity index (χ4v) is 1.94. The highest BCUT2D eigenvalue weighted by atomic mass is 35.5. The van der Waals surface area contributed by atoms with Crippen LogP contribution in [0.5, 0.6) is 0 Å². The lowest BCUT2D eigenvalue weighted by Crippen LogP contribution is -1.99. The van der Waals surface area contributed by atoms with Crippen molar-refractivity contribution in [2.24, 2.45) is 0 Å². The number of halogens is 2. The van der Waals surface area contributed by atoms with Crippen LogP contribution >= 0.6 is 11.6 Å². The van der Waals surface area contributed by atoms with E-state index in [0.717, 1.165) is 5.56 Å². The summed E-state index contributed by atoms with van der Waals surface area (Å²) in [6, 6.07) is 8.79. The van der Waals surface area contributed by atoms with Gasteiger partial charge in [-0.25, -0.2) is 9.18 Å². The standard InChI is InChI=1S/C14H11ClFNO2/c1-8-4-9(14(18)19)2-3-13(8)17-12-6-10(15)5-11(16)7-12/h2-7,17H,1H3,(H,18,19). The van der Waals surface area contributed by atoms with Gasteiger partial charge in [0.2, 0.25) is 0 Å². The van der Waals surface area contributed by atoms with Crippen molar-refractivity contribution < 1.29 is 14.3 Å². The highest BCUT2D eigenvalue weighted by molar-refractivity contribution is 6.30. The average Bonchev–Trinajstić information content (AvgIpc) is 2.30. The Bertz CT molecular complexity index is 623. The molecule has 0 unspecified atom stereocenters. The molecule has 2 N–H and O–H groups in total. The number of aryl methyl sites for hydroxylation is 1. The van der Waals surface area contributed by atoms with Crippen LogP contribution in [-0.2, 0) is 0 Å². The zero-order valence-corrected chi connectivity index (χ0v) is 10.8. The van der Waals surface area contributed by atoms with Crippen LogP contribution in [0, 0.1) is 12.7 Å². The molecule has 0 saturated heterocycles. The molecule has 98 valence electrons. The van der Waals surface area contributed by atoms with Crippen LogP contribution in [0.3, 0.4) is 0 Å². The fourth-order valence-electron chi connectivity index (χ4n) is 1.72. The Morgan fingerprint density at radius 2 is 2.00 bits per heavy atom. The summed E-state index contributed by atoms with van der Waals surface area (Å²) in [6.45, 7) is 1.77. The molecule has 5 heteroatoms. The molecular weight excluding hydrogens is 269 g/mol. The molecule has 0 spiro atoms. The van der Waals surface area contributed by atoms with Crippen molar-refractivity contribution in [2.45, 2.75) is 6.92 Å². The van der Waals surface area contributed by atoms with Gasteiger partial charge in [-0.3, -0.25) is 0 Å². The van der Waals surface area contributed by atoms with Crippen molar-refractivity contribution >= 4 is 28.9 Å². The van der Waals surface area contributed by atoms with E-state index >= 15 is 0 Å². The summed E-state index contributed by atoms with van der Waals surface area (Å²) in [6.07, 6.45) is 0. The second-order valence-electron chi connectivity index (χ2n) is 4.12. The molecule has 0 amide bonds. The Balaban J connectivity index is 2.30. The number of benzene rings is 2. The number of anilines is 2. The second kappa shape index (κ2) is 5.28. The molecule has 19 heavy (non-hydrogen) atoms. The number of hydrogen-bond donors (Lipinski definition) is 2. The van der Waals surface area contributed by atoms with Gasteiger partial charge in [0.25, 0.3) is 0 Å². The lowest BCUT2D eigenvalue weighted by atomic mass is 10.1. The van der Waals surface area contributed by atoms with E-state index in [1.165, 1.54) is 18.2 Å². The monoisotopic (exact) mass is 279 g/mol. The summed E-state index contributed by atoms with van der Waals surface area (Å²) in [5.41, 5.74) is 2.17. The second-order valence-corrected chi connectivity index (χ2v) is 4.55. The lowest BCUT2D eigenvalue weighted by molar-refractivity contribution is 0.0697. The van der Waals surface area contributed by atoms with Crippen molar-refractivity contribution in [3.63, 3.8) is 0 Å². The third-order valence-corrected chi connectivity index (χ3v) is 2.83. The van der Waals surface area contributed by atoms with Crippen molar-refractivity contribution in [3.05, 3.63) is 58.4 Å². The zero-order valence-electron chi connectivity index (χ0n) is 10.1. The fraction of sp³-hybridized carbons (Fsp3) is 0.0714. The summed E-state index contributed by atoms with van der Waals surface area (Å²) in [5.74, 6) is -1.42. The van der Waals surface area contributed by atoms with Gasteiger partial charge in [0.05, 0.1) is 5.56 Å². The summed E-state index contributed by atoms with van der Waals surface area (Å²) in [4.78, 5) is 10.8. The van der Waals surface area contributed by atoms with Crippen LogP contribution in [0.2, 0.25) is 5.02 Å². The largest absolute Gasteiger partial charge is 0.478 e. The van der Waals surface area contributed by atoms with E-state index in [0.29, 0.717) is 16.4 Å². The smallest absolute Gasteiger partial charge is 0.335 e. The van der Waals surface area contributed by atoms with Gasteiger partial charge in [-0.1, -0.05) is 11.6 Å². The van der Waals surface area contributed by atoms with Crippen molar-refractivity contribution in [2.75, 3.05) is 5.32 Å². The van der Waals surface area contributed by atoms with E-state index < -0.39 is 11.8 Å². The van der Waals surface area contributed by atoms with Gasteiger partial charge < -0.3 is 10.4 Å². The molecule has 0 aromatic heterocycles. The van der Waals surface area contributed by atoms with Crippen LogP contribution in [-0.4, -0.2) is 11.1 Å². The Morgan fingerprint density at radius 3 is 2.58 bits per heavy atom. The molecule has 0 fully saturated rings. The van der Waals surface area contributed by atoms with E-state index in [1.807, 2.05) is 0 Å². The highest BCUT2D eigenvalue weighted by Gasteiger charge is 2.06. The molecule has 0 aliphatic heterocycles. The number of nitrogens with one attached hydrogen (secondary N) is 1. The van der Waals surface area contributed by atoms with E-state index in [2.05, 4.69) is 5.32 Å². The van der Waals surface area contributed by atoms with E-state index in [4.69, 9.17) is 16.7 Å². The molecule has 0 atom stereocenters. The predicted molar refractivity (Wildman–Crippen MR) is 72.8 cm³/mol. The molecular formula is C14H11ClFNO2. The maximum atomic E-state index is 13.2. The van der Waals surface area contributed by atoms with Gasteiger partial charge in [0, 0.05) is 16.4 Å². The van der Waals surface area contributed by atoms with Crippen LogP contribution in [0.4, 0.5) is 15.8 Å². The molecule has 3 nitrogen and oxygen atoms in total. The highest BCUT2D eigenvalue weighted by Crippen LogP contribution is 2.24. The molecule has 2 rings (SSSR count). The van der Waals surface area contributed by atoms with Crippen molar-refractivity contribution in [1.82, 2.24) is 0 Å². The topological polar surface area (TPSA) is 49.3 Å². The first-order valence-corrected chi connectivity index (χ1v) is 5.90. The summed E-state index contributed by atoms with van der Waals surface area (Å²) >= 11 is 5.77. The van der Waals surface area contributed by atoms with Gasteiger partial charge in [-0.05, 0) is 48.9 Å².